The second-order valence-corrected chi connectivity index (χ2v) is 9.17. The number of nitrogens with one attached hydrogen (secondary N) is 2. The molecule has 2 atom stereocenters. The Balaban J connectivity index is 1.55. The third-order valence-corrected chi connectivity index (χ3v) is 6.44. The van der Waals surface area contributed by atoms with E-state index >= 15 is 0 Å². The molecule has 0 radical (unpaired) electrons. The van der Waals surface area contributed by atoms with Crippen molar-refractivity contribution in [1.29, 1.82) is 0 Å². The number of benzene rings is 1. The van der Waals surface area contributed by atoms with Gasteiger partial charge in [0.05, 0.1) is 11.6 Å². The Bertz CT molecular complexity index is 1460. The maximum atomic E-state index is 13.7. The predicted octanol–water partition coefficient (Wildman–Crippen LogP) is 3.24. The van der Waals surface area contributed by atoms with E-state index in [9.17, 15) is 27.9 Å². The number of aromatic amines is 1. The molecule has 0 spiro atoms. The Morgan fingerprint density at radius 1 is 1.22 bits per heavy atom. The molecule has 0 aliphatic carbocycles. The van der Waals surface area contributed by atoms with Gasteiger partial charge in [0.2, 0.25) is 11.7 Å². The van der Waals surface area contributed by atoms with Gasteiger partial charge in [-0.2, -0.15) is 18.3 Å². The molecule has 188 valence electrons. The van der Waals surface area contributed by atoms with Crippen molar-refractivity contribution in [1.82, 2.24) is 25.5 Å². The molecule has 1 aliphatic heterocycles. The van der Waals surface area contributed by atoms with Crippen molar-refractivity contribution in [2.24, 2.45) is 0 Å². The first-order valence-electron chi connectivity index (χ1n) is 11.0. The minimum Gasteiger partial charge on any atom is -0.480 e. The molecule has 0 bridgehead atoms. The number of fused-ring (bicyclic) bond motifs is 3. The van der Waals surface area contributed by atoms with Crippen LogP contribution in [0.5, 0.6) is 0 Å². The van der Waals surface area contributed by atoms with Gasteiger partial charge in [0.15, 0.2) is 11.4 Å². The molecule has 1 aliphatic rings. The molecule has 10 nitrogen and oxygen atoms in total. The second kappa shape index (κ2) is 8.21. The smallest absolute Gasteiger partial charge is 0.451 e. The van der Waals surface area contributed by atoms with Crippen LogP contribution in [0.1, 0.15) is 31.7 Å². The largest absolute Gasteiger partial charge is 0.480 e. The van der Waals surface area contributed by atoms with Crippen LogP contribution < -0.4 is 10.2 Å². The SMILES string of the molecule is CC(C)(C(=O)N[C@H]1C[C@@H](C(=O)O)N(c2nc(C(F)(F)F)nc3c2oc2ccccc23)C1)c1cn[nH]c1. The van der Waals surface area contributed by atoms with Crippen molar-refractivity contribution in [3.8, 4) is 0 Å². The normalized spacial score (nSPS) is 18.8. The van der Waals surface area contributed by atoms with Crippen LogP contribution in [0.2, 0.25) is 0 Å². The number of halogens is 3. The van der Waals surface area contributed by atoms with Gasteiger partial charge in [0.25, 0.3) is 0 Å². The zero-order valence-electron chi connectivity index (χ0n) is 19.1. The molecule has 1 saturated heterocycles. The lowest BCUT2D eigenvalue weighted by molar-refractivity contribution is -0.144. The van der Waals surface area contributed by atoms with Gasteiger partial charge in [-0.15, -0.1) is 0 Å². The first-order chi connectivity index (χ1) is 17.0. The molecule has 4 aromatic rings. The molecule has 4 heterocycles. The van der Waals surface area contributed by atoms with E-state index in [1.165, 1.54) is 11.1 Å². The molecule has 1 aromatic carbocycles. The lowest BCUT2D eigenvalue weighted by atomic mass is 9.85. The number of amides is 1. The number of carbonyl (C=O) groups is 2. The van der Waals surface area contributed by atoms with Crippen LogP contribution in [0.4, 0.5) is 19.0 Å². The second-order valence-electron chi connectivity index (χ2n) is 9.17. The number of hydrogen-bond donors (Lipinski definition) is 3. The number of nitrogens with zero attached hydrogens (tertiary/aromatic N) is 4. The first-order valence-corrected chi connectivity index (χ1v) is 11.0. The number of aromatic nitrogens is 4. The molecule has 1 amide bonds. The van der Waals surface area contributed by atoms with Crippen molar-refractivity contribution < 1.29 is 32.3 Å². The Kier molecular flexibility index (Phi) is 5.38. The zero-order chi connectivity index (χ0) is 25.8. The Morgan fingerprint density at radius 3 is 2.64 bits per heavy atom. The molecule has 3 aromatic heterocycles. The number of carboxylic acid groups (broad SMARTS) is 1. The summed E-state index contributed by atoms with van der Waals surface area (Å²) in [6.45, 7) is 3.28. The van der Waals surface area contributed by atoms with Gasteiger partial charge in [-0.1, -0.05) is 12.1 Å². The number of H-pyrrole nitrogens is 1. The summed E-state index contributed by atoms with van der Waals surface area (Å²) >= 11 is 0. The summed E-state index contributed by atoms with van der Waals surface area (Å²) in [4.78, 5) is 33.8. The van der Waals surface area contributed by atoms with Gasteiger partial charge in [-0.3, -0.25) is 9.89 Å². The standard InChI is InChI=1S/C23H21F3N6O4/c1-22(2,11-8-27-28-9-11)21(35)29-12-7-14(19(33)34)32(10-12)18-17-16(30-20(31-18)23(24,25)26)13-5-3-4-6-15(13)36-17/h3-6,8-9,12,14H,7,10H2,1-2H3,(H,27,28)(H,29,35)(H,33,34)/t12-,14-/m0/s1. The highest BCUT2D eigenvalue weighted by atomic mass is 19.4. The number of anilines is 1. The Morgan fingerprint density at radius 2 is 1.97 bits per heavy atom. The number of carbonyl (C=O) groups excluding carboxylic acids is 1. The number of furan rings is 1. The highest BCUT2D eigenvalue weighted by molar-refractivity contribution is 6.06. The molecule has 3 N–H and O–H groups in total. The van der Waals surface area contributed by atoms with Crippen LogP contribution in [0.15, 0.2) is 41.1 Å². The van der Waals surface area contributed by atoms with Crippen molar-refractivity contribution in [3.63, 3.8) is 0 Å². The van der Waals surface area contributed by atoms with Crippen LogP contribution in [-0.2, 0) is 21.2 Å². The van der Waals surface area contributed by atoms with E-state index in [0.29, 0.717) is 16.5 Å². The first kappa shape index (κ1) is 23.6. The predicted molar refractivity (Wildman–Crippen MR) is 121 cm³/mol. The van der Waals surface area contributed by atoms with E-state index in [2.05, 4.69) is 25.5 Å². The van der Waals surface area contributed by atoms with Gasteiger partial charge < -0.3 is 19.7 Å². The average Bonchev–Trinajstić information content (AvgIpc) is 3.56. The highest BCUT2D eigenvalue weighted by Gasteiger charge is 2.44. The monoisotopic (exact) mass is 502 g/mol. The topological polar surface area (TPSA) is 137 Å². The lowest BCUT2D eigenvalue weighted by Crippen LogP contribution is -2.46. The summed E-state index contributed by atoms with van der Waals surface area (Å²) in [5.41, 5.74) is -0.190. The fourth-order valence-electron chi connectivity index (χ4n) is 4.40. The number of alkyl halides is 3. The summed E-state index contributed by atoms with van der Waals surface area (Å²) in [6, 6.07) is 4.51. The molecule has 0 unspecified atom stereocenters. The number of hydrogen-bond acceptors (Lipinski definition) is 7. The molecule has 1 fully saturated rings. The van der Waals surface area contributed by atoms with E-state index in [-0.39, 0.29) is 35.8 Å². The van der Waals surface area contributed by atoms with E-state index in [4.69, 9.17) is 4.42 Å². The van der Waals surface area contributed by atoms with Crippen LogP contribution in [0.3, 0.4) is 0 Å². The van der Waals surface area contributed by atoms with E-state index in [0.717, 1.165) is 0 Å². The van der Waals surface area contributed by atoms with Crippen molar-refractivity contribution in [3.05, 3.63) is 48.0 Å². The summed E-state index contributed by atoms with van der Waals surface area (Å²) in [7, 11) is 0. The summed E-state index contributed by atoms with van der Waals surface area (Å²) in [6.07, 6.45) is -1.82. The summed E-state index contributed by atoms with van der Waals surface area (Å²) in [5.74, 6) is -3.35. The molecule has 13 heteroatoms. The molecular formula is C23H21F3N6O4. The van der Waals surface area contributed by atoms with Crippen molar-refractivity contribution in [2.75, 3.05) is 11.4 Å². The maximum Gasteiger partial charge on any atom is 0.451 e. The molecule has 0 saturated carbocycles. The number of rotatable bonds is 5. The highest BCUT2D eigenvalue weighted by Crippen LogP contribution is 2.39. The quantitative estimate of drug-likeness (QED) is 0.378. The number of aliphatic carboxylic acids is 1. The molecule has 36 heavy (non-hydrogen) atoms. The number of para-hydroxylation sites is 1. The van der Waals surface area contributed by atoms with Gasteiger partial charge in [0.1, 0.15) is 17.1 Å². The minimum atomic E-state index is -4.87. The van der Waals surface area contributed by atoms with Crippen LogP contribution in [0.25, 0.3) is 22.1 Å². The lowest BCUT2D eigenvalue weighted by Gasteiger charge is -2.25. The Labute approximate surface area is 201 Å². The molecular weight excluding hydrogens is 481 g/mol. The van der Waals surface area contributed by atoms with Gasteiger partial charge in [0, 0.05) is 36.2 Å². The average molecular weight is 502 g/mol. The van der Waals surface area contributed by atoms with E-state index in [1.807, 2.05) is 0 Å². The van der Waals surface area contributed by atoms with E-state index < -0.39 is 35.5 Å². The fourth-order valence-corrected chi connectivity index (χ4v) is 4.40. The summed E-state index contributed by atoms with van der Waals surface area (Å²) in [5, 5.41) is 19.6. The third-order valence-electron chi connectivity index (χ3n) is 6.44. The Hall–Kier alpha value is -4.16. The zero-order valence-corrected chi connectivity index (χ0v) is 19.1. The van der Waals surface area contributed by atoms with Gasteiger partial charge >= 0.3 is 12.1 Å². The van der Waals surface area contributed by atoms with Crippen LogP contribution in [-0.4, -0.2) is 55.8 Å². The summed E-state index contributed by atoms with van der Waals surface area (Å²) < 4.78 is 46.9. The van der Waals surface area contributed by atoms with Crippen molar-refractivity contribution in [2.45, 2.75) is 43.9 Å². The molecule has 5 rings (SSSR count). The van der Waals surface area contributed by atoms with Crippen LogP contribution >= 0.6 is 0 Å². The van der Waals surface area contributed by atoms with Crippen molar-refractivity contribution >= 4 is 39.8 Å². The van der Waals surface area contributed by atoms with E-state index in [1.54, 1.807) is 44.3 Å². The third kappa shape index (κ3) is 3.89. The number of carboxylic acids is 1. The maximum absolute atomic E-state index is 13.7. The van der Waals surface area contributed by atoms with Gasteiger partial charge in [-0.05, 0) is 26.0 Å². The van der Waals surface area contributed by atoms with Gasteiger partial charge in [-0.25, -0.2) is 14.8 Å². The van der Waals surface area contributed by atoms with Crippen LogP contribution in [0, 0.1) is 0 Å². The minimum absolute atomic E-state index is 0.0460. The fraction of sp³-hybridized carbons (Fsp3) is 0.348.